The number of halogens is 2. The normalized spacial score (nSPS) is 15.9. The number of aryl methyl sites for hydroxylation is 1. The molecule has 1 radical (unpaired) electrons. The summed E-state index contributed by atoms with van der Waals surface area (Å²) in [5, 5.41) is 0. The van der Waals surface area contributed by atoms with Crippen molar-refractivity contribution < 1.29 is 48.9 Å². The van der Waals surface area contributed by atoms with Gasteiger partial charge in [-0.3, -0.25) is 14.6 Å². The van der Waals surface area contributed by atoms with Gasteiger partial charge in [0, 0.05) is 82.2 Å². The van der Waals surface area contributed by atoms with E-state index in [1.807, 2.05) is 18.2 Å². The molecule has 0 saturated carbocycles. The monoisotopic (exact) mass is 807 g/mol. The molecule has 2 aliphatic heterocycles. The number of benzene rings is 3. The second kappa shape index (κ2) is 18.0. The Morgan fingerprint density at radius 1 is 0.805 bits per heavy atom. The van der Waals surface area contributed by atoms with Gasteiger partial charge in [0.15, 0.2) is 5.78 Å². The summed E-state index contributed by atoms with van der Waals surface area (Å²) in [5.41, 5.74) is 16.3. The molecular formula is C34H44AcCl2N3O-. The molecule has 1 fully saturated rings. The van der Waals surface area contributed by atoms with Crippen LogP contribution in [0.5, 0.6) is 0 Å². The Morgan fingerprint density at radius 3 is 2.12 bits per heavy atom. The summed E-state index contributed by atoms with van der Waals surface area (Å²) in [6, 6.07) is 23.1. The van der Waals surface area contributed by atoms with Crippen LogP contribution < -0.4 is 0 Å². The number of carbonyl (C=O) groups is 1. The summed E-state index contributed by atoms with van der Waals surface area (Å²) in [6.45, 7) is 8.39. The SMILES string of the molecule is Cc1ccccc1CN1CCc2ccc(C(=O)CCCC3CCN(Cc4ccccc4[NH-])CC3)cc2CC1.Cl.Cl.[Ac]. The molecule has 7 heteroatoms. The van der Waals surface area contributed by atoms with Crippen LogP contribution in [0.15, 0.2) is 66.7 Å². The molecule has 1 saturated heterocycles. The van der Waals surface area contributed by atoms with Gasteiger partial charge in [0.25, 0.3) is 0 Å². The summed E-state index contributed by atoms with van der Waals surface area (Å²) in [4.78, 5) is 18.1. The fourth-order valence-electron chi connectivity index (χ4n) is 6.16. The molecule has 0 unspecified atom stereocenters. The van der Waals surface area contributed by atoms with Gasteiger partial charge in [0.05, 0.1) is 0 Å². The molecule has 5 rings (SSSR count). The minimum absolute atomic E-state index is 0. The van der Waals surface area contributed by atoms with Crippen LogP contribution in [0.1, 0.15) is 70.3 Å². The smallest absolute Gasteiger partial charge is 0.162 e. The van der Waals surface area contributed by atoms with E-state index in [9.17, 15) is 4.79 Å². The van der Waals surface area contributed by atoms with Crippen LogP contribution in [0.2, 0.25) is 0 Å². The van der Waals surface area contributed by atoms with E-state index in [2.05, 4.69) is 65.3 Å². The Bertz CT molecular complexity index is 1250. The molecule has 0 amide bonds. The second-order valence-corrected chi connectivity index (χ2v) is 11.4. The molecule has 3 aromatic rings. The van der Waals surface area contributed by atoms with Gasteiger partial charge in [-0.25, -0.2) is 0 Å². The number of Topliss-reactive ketones (excluding diaryl/α,β-unsaturated/α-hetero) is 1. The minimum atomic E-state index is 0. The number of carbonyl (C=O) groups excluding carboxylic acids is 1. The molecule has 4 nitrogen and oxygen atoms in total. The molecule has 0 bridgehead atoms. The maximum atomic E-state index is 13.1. The Hall–Kier alpha value is -0.928. The Kier molecular flexibility index (Phi) is 15.9. The van der Waals surface area contributed by atoms with E-state index in [1.54, 1.807) is 0 Å². The zero-order chi connectivity index (χ0) is 26.3. The van der Waals surface area contributed by atoms with Gasteiger partial charge in [-0.05, 0) is 98.3 Å². The molecule has 2 heterocycles. The van der Waals surface area contributed by atoms with Crippen LogP contribution in [0, 0.1) is 56.9 Å². The van der Waals surface area contributed by atoms with Crippen molar-refractivity contribution in [3.63, 3.8) is 0 Å². The van der Waals surface area contributed by atoms with E-state index >= 15 is 0 Å². The average Bonchev–Trinajstić information content (AvgIpc) is 3.14. The van der Waals surface area contributed by atoms with Crippen molar-refractivity contribution >= 4 is 36.3 Å². The molecule has 219 valence electrons. The fourth-order valence-corrected chi connectivity index (χ4v) is 6.16. The molecule has 2 aliphatic rings. The number of nitrogens with zero attached hydrogens (tertiary/aromatic N) is 2. The molecular weight excluding hydrogens is 764 g/mol. The number of piperidine rings is 1. The molecule has 3 aromatic carbocycles. The Balaban J connectivity index is 0.00000196. The van der Waals surface area contributed by atoms with Gasteiger partial charge in [0.1, 0.15) is 0 Å². The number of ketones is 1. The Labute approximate surface area is 295 Å². The number of fused-ring (bicyclic) bond motifs is 1. The summed E-state index contributed by atoms with van der Waals surface area (Å²) < 4.78 is 0. The van der Waals surface area contributed by atoms with Crippen molar-refractivity contribution in [1.82, 2.24) is 9.80 Å². The zero-order valence-corrected chi connectivity index (χ0v) is 30.7. The van der Waals surface area contributed by atoms with Crippen LogP contribution in [0.25, 0.3) is 5.73 Å². The van der Waals surface area contributed by atoms with E-state index in [4.69, 9.17) is 5.73 Å². The summed E-state index contributed by atoms with van der Waals surface area (Å²) in [5.74, 6) is 1.02. The first kappa shape index (κ1) is 36.3. The van der Waals surface area contributed by atoms with Crippen LogP contribution in [-0.4, -0.2) is 41.8 Å². The molecule has 0 aromatic heterocycles. The topological polar surface area (TPSA) is 47.4 Å². The average molecular weight is 809 g/mol. The molecule has 0 atom stereocenters. The number of hydrogen-bond acceptors (Lipinski definition) is 3. The molecule has 0 spiro atoms. The van der Waals surface area contributed by atoms with Gasteiger partial charge < -0.3 is 5.73 Å². The zero-order valence-electron chi connectivity index (χ0n) is 24.3. The van der Waals surface area contributed by atoms with Crippen molar-refractivity contribution in [3.8, 4) is 0 Å². The number of likely N-dealkylation sites (tertiary alicyclic amines) is 1. The van der Waals surface area contributed by atoms with Crippen LogP contribution in [-0.2, 0) is 25.9 Å². The van der Waals surface area contributed by atoms with Gasteiger partial charge in [-0.1, -0.05) is 60.7 Å². The summed E-state index contributed by atoms with van der Waals surface area (Å²) in [6.07, 6.45) is 7.27. The van der Waals surface area contributed by atoms with E-state index in [0.29, 0.717) is 17.9 Å². The molecule has 1 N–H and O–H groups in total. The molecule has 0 aliphatic carbocycles. The second-order valence-electron chi connectivity index (χ2n) is 11.4. The van der Waals surface area contributed by atoms with Gasteiger partial charge in [-0.2, -0.15) is 0 Å². The maximum absolute atomic E-state index is 13.1. The largest absolute Gasteiger partial charge is 0.698 e. The predicted octanol–water partition coefficient (Wildman–Crippen LogP) is 8.39. The van der Waals surface area contributed by atoms with E-state index < -0.39 is 0 Å². The van der Waals surface area contributed by atoms with E-state index in [1.165, 1.54) is 35.1 Å². The van der Waals surface area contributed by atoms with Gasteiger partial charge in [-0.15, -0.1) is 30.5 Å². The fraction of sp³-hybridized carbons (Fsp3) is 0.441. The number of hydrogen-bond donors (Lipinski definition) is 0. The predicted molar refractivity (Wildman–Crippen MR) is 171 cm³/mol. The van der Waals surface area contributed by atoms with Crippen molar-refractivity contribution in [2.45, 2.75) is 65.0 Å². The number of nitrogens with one attached hydrogen (secondary N) is 1. The van der Waals surface area contributed by atoms with Crippen molar-refractivity contribution in [2.24, 2.45) is 5.92 Å². The quantitative estimate of drug-likeness (QED) is 0.204. The van der Waals surface area contributed by atoms with Crippen molar-refractivity contribution in [3.05, 3.63) is 106 Å². The molecule has 41 heavy (non-hydrogen) atoms. The van der Waals surface area contributed by atoms with Crippen molar-refractivity contribution in [1.29, 1.82) is 0 Å². The first-order chi connectivity index (χ1) is 18.5. The Morgan fingerprint density at radius 2 is 1.41 bits per heavy atom. The van der Waals surface area contributed by atoms with Gasteiger partial charge in [0.2, 0.25) is 0 Å². The third-order valence-electron chi connectivity index (χ3n) is 8.71. The van der Waals surface area contributed by atoms with Gasteiger partial charge >= 0.3 is 0 Å². The minimum Gasteiger partial charge on any atom is -0.698 e. The first-order valence-electron chi connectivity index (χ1n) is 14.5. The standard InChI is InChI=1S/C34H42N3O.Ac.2ClH/c1-26-7-2-3-9-31(26)24-37-21-17-28-13-14-30(23-29(28)18-22-37)34(38)12-6-8-27-15-19-36(20-16-27)25-32-10-4-5-11-33(32)35;;;/h2-5,7,9-11,13-14,23,27,35H,6,8,12,15-22,24-25H2,1H3;;2*1H/q-1;;;. The summed E-state index contributed by atoms with van der Waals surface area (Å²) in [7, 11) is 0. The van der Waals surface area contributed by atoms with Crippen LogP contribution in [0.3, 0.4) is 0 Å². The van der Waals surface area contributed by atoms with E-state index in [0.717, 1.165) is 82.0 Å². The number of rotatable bonds is 9. The third kappa shape index (κ3) is 10.3. The van der Waals surface area contributed by atoms with Crippen LogP contribution >= 0.6 is 24.8 Å². The summed E-state index contributed by atoms with van der Waals surface area (Å²) >= 11 is 0. The van der Waals surface area contributed by atoms with Crippen molar-refractivity contribution in [2.75, 3.05) is 26.2 Å². The van der Waals surface area contributed by atoms with E-state index in [-0.39, 0.29) is 68.9 Å². The maximum Gasteiger partial charge on any atom is 0.162 e. The van der Waals surface area contributed by atoms with Crippen LogP contribution in [0.4, 0.5) is 5.69 Å². The third-order valence-corrected chi connectivity index (χ3v) is 8.71. The first-order valence-corrected chi connectivity index (χ1v) is 14.5.